The molecule has 7 heteroatoms. The van der Waals surface area contributed by atoms with E-state index >= 15 is 0 Å². The van der Waals surface area contributed by atoms with Gasteiger partial charge in [0.2, 0.25) is 0 Å². The number of amides is 1. The maximum absolute atomic E-state index is 12.3. The Bertz CT molecular complexity index is 764. The summed E-state index contributed by atoms with van der Waals surface area (Å²) in [6.07, 6.45) is 1.98. The highest BCUT2D eigenvalue weighted by Gasteiger charge is 2.10. The number of benzene rings is 1. The number of nitrogens with one attached hydrogen (secondary N) is 3. The van der Waals surface area contributed by atoms with Gasteiger partial charge in [0, 0.05) is 36.6 Å². The van der Waals surface area contributed by atoms with E-state index in [1.807, 2.05) is 31.2 Å². The Morgan fingerprint density at radius 1 is 1.17 bits per heavy atom. The Morgan fingerprint density at radius 2 is 1.97 bits per heavy atom. The second-order valence-electron chi connectivity index (χ2n) is 7.18. The molecule has 29 heavy (non-hydrogen) atoms. The van der Waals surface area contributed by atoms with Crippen LogP contribution in [0.25, 0.3) is 0 Å². The smallest absolute Gasteiger partial charge is 0.251 e. The summed E-state index contributed by atoms with van der Waals surface area (Å²) in [4.78, 5) is 18.0. The third-order valence-electron chi connectivity index (χ3n) is 4.61. The fourth-order valence-electron chi connectivity index (χ4n) is 2.75. The first-order valence-electron chi connectivity index (χ1n) is 9.88. The van der Waals surface area contributed by atoms with Crippen molar-refractivity contribution in [2.24, 2.45) is 10.9 Å². The third kappa shape index (κ3) is 9.16. The summed E-state index contributed by atoms with van der Waals surface area (Å²) in [7, 11) is 1.77. The number of nitrogens with zero attached hydrogens (tertiary/aromatic N) is 1. The first kappa shape index (κ1) is 25.4. The van der Waals surface area contributed by atoms with Gasteiger partial charge < -0.3 is 16.0 Å². The summed E-state index contributed by atoms with van der Waals surface area (Å²) in [5.41, 5.74) is 1.73. The molecule has 0 fully saturated rings. The number of thiophene rings is 1. The molecule has 1 aromatic heterocycles. The van der Waals surface area contributed by atoms with E-state index in [9.17, 15) is 4.79 Å². The highest BCUT2D eigenvalue weighted by atomic mass is 127. The molecule has 0 radical (unpaired) electrons. The molecule has 160 valence electrons. The number of hydrogen-bond donors (Lipinski definition) is 3. The van der Waals surface area contributed by atoms with Crippen LogP contribution in [0.5, 0.6) is 0 Å². The molecule has 2 aromatic rings. The highest BCUT2D eigenvalue weighted by Crippen LogP contribution is 2.13. The van der Waals surface area contributed by atoms with Crippen molar-refractivity contribution in [3.8, 4) is 0 Å². The average molecular weight is 529 g/mol. The van der Waals surface area contributed by atoms with Crippen molar-refractivity contribution < 1.29 is 4.79 Å². The molecule has 0 saturated heterocycles. The van der Waals surface area contributed by atoms with Gasteiger partial charge in [-0.1, -0.05) is 32.0 Å². The van der Waals surface area contributed by atoms with Crippen LogP contribution in [0.2, 0.25) is 0 Å². The molecule has 1 amide bonds. The van der Waals surface area contributed by atoms with Crippen LogP contribution in [-0.4, -0.2) is 31.5 Å². The van der Waals surface area contributed by atoms with E-state index in [4.69, 9.17) is 0 Å². The predicted molar refractivity (Wildman–Crippen MR) is 134 cm³/mol. The molecule has 2 rings (SSSR count). The summed E-state index contributed by atoms with van der Waals surface area (Å²) in [6, 6.07) is 12.2. The molecule has 0 saturated carbocycles. The van der Waals surface area contributed by atoms with E-state index in [0.29, 0.717) is 18.0 Å². The Hall–Kier alpha value is -1.61. The zero-order valence-corrected chi connectivity index (χ0v) is 20.8. The minimum Gasteiger partial charge on any atom is -0.356 e. The van der Waals surface area contributed by atoms with E-state index in [-0.39, 0.29) is 35.9 Å². The summed E-state index contributed by atoms with van der Waals surface area (Å²) < 4.78 is 0. The number of rotatable bonds is 9. The van der Waals surface area contributed by atoms with Gasteiger partial charge in [0.25, 0.3) is 5.91 Å². The van der Waals surface area contributed by atoms with Gasteiger partial charge in [0.1, 0.15) is 0 Å². The van der Waals surface area contributed by atoms with Crippen molar-refractivity contribution in [3.63, 3.8) is 0 Å². The van der Waals surface area contributed by atoms with E-state index in [2.05, 4.69) is 52.3 Å². The zero-order valence-electron chi connectivity index (χ0n) is 17.7. The summed E-state index contributed by atoms with van der Waals surface area (Å²) >= 11 is 1.80. The minimum atomic E-state index is -0.0268. The van der Waals surface area contributed by atoms with Crippen LogP contribution in [0.3, 0.4) is 0 Å². The van der Waals surface area contributed by atoms with E-state index in [0.717, 1.165) is 30.9 Å². The van der Waals surface area contributed by atoms with Gasteiger partial charge in [0.15, 0.2) is 5.96 Å². The zero-order chi connectivity index (χ0) is 20.4. The van der Waals surface area contributed by atoms with Gasteiger partial charge in [-0.25, -0.2) is 0 Å². The molecule has 1 aromatic carbocycles. The van der Waals surface area contributed by atoms with Crippen LogP contribution in [-0.2, 0) is 13.0 Å². The fraction of sp³-hybridized carbons (Fsp3) is 0.455. The predicted octanol–water partition coefficient (Wildman–Crippen LogP) is 4.44. The van der Waals surface area contributed by atoms with Crippen LogP contribution in [0.15, 0.2) is 46.8 Å². The second kappa shape index (κ2) is 13.6. The molecule has 0 spiro atoms. The minimum absolute atomic E-state index is 0. The quantitative estimate of drug-likeness (QED) is 0.256. The van der Waals surface area contributed by atoms with Gasteiger partial charge in [-0.3, -0.25) is 9.79 Å². The van der Waals surface area contributed by atoms with Gasteiger partial charge >= 0.3 is 0 Å². The number of carbonyl (C=O) groups is 1. The lowest BCUT2D eigenvalue weighted by Crippen LogP contribution is -2.39. The van der Waals surface area contributed by atoms with E-state index in [1.165, 1.54) is 4.88 Å². The SMILES string of the molecule is CCC(C)NC(=O)c1cccc(CNC(=NC)NCC(C)Cc2cccs2)c1.I. The molecule has 2 atom stereocenters. The number of aliphatic imine (C=N–C) groups is 1. The third-order valence-corrected chi connectivity index (χ3v) is 5.51. The molecule has 1 heterocycles. The first-order chi connectivity index (χ1) is 13.5. The molecule has 3 N–H and O–H groups in total. The highest BCUT2D eigenvalue weighted by molar-refractivity contribution is 14.0. The Balaban J connectivity index is 0.00000420. The van der Waals surface area contributed by atoms with Crippen molar-refractivity contribution in [2.75, 3.05) is 13.6 Å². The van der Waals surface area contributed by atoms with Crippen LogP contribution in [0.4, 0.5) is 0 Å². The Kier molecular flexibility index (Phi) is 11.9. The molecule has 0 aliphatic carbocycles. The maximum atomic E-state index is 12.3. The lowest BCUT2D eigenvalue weighted by Gasteiger charge is -2.16. The molecule has 0 aliphatic heterocycles. The Labute approximate surface area is 195 Å². The van der Waals surface area contributed by atoms with Gasteiger partial charge in [-0.15, -0.1) is 35.3 Å². The summed E-state index contributed by atoms with van der Waals surface area (Å²) in [5, 5.41) is 11.8. The monoisotopic (exact) mass is 528 g/mol. The van der Waals surface area contributed by atoms with Crippen molar-refractivity contribution in [3.05, 3.63) is 57.8 Å². The van der Waals surface area contributed by atoms with Crippen LogP contribution in [0, 0.1) is 5.92 Å². The van der Waals surface area contributed by atoms with Crippen molar-refractivity contribution in [1.82, 2.24) is 16.0 Å². The molecule has 5 nitrogen and oxygen atoms in total. The second-order valence-corrected chi connectivity index (χ2v) is 8.21. The van der Waals surface area contributed by atoms with Crippen LogP contribution in [0.1, 0.15) is 48.0 Å². The van der Waals surface area contributed by atoms with Crippen molar-refractivity contribution in [2.45, 2.75) is 46.2 Å². The summed E-state index contributed by atoms with van der Waals surface area (Å²) in [6.45, 7) is 7.78. The summed E-state index contributed by atoms with van der Waals surface area (Å²) in [5.74, 6) is 1.26. The standard InChI is InChI=1S/C22H32N4OS.HI/c1-5-17(3)26-21(27)19-9-6-8-18(13-19)15-25-22(23-4)24-14-16(2)12-20-10-7-11-28-20;/h6-11,13,16-17H,5,12,14-15H2,1-4H3,(H,26,27)(H2,23,24,25);1H. The molecular weight excluding hydrogens is 495 g/mol. The normalized spacial score (nSPS) is 13.2. The molecular formula is C22H33IN4OS. The van der Waals surface area contributed by atoms with E-state index < -0.39 is 0 Å². The molecule has 0 aliphatic rings. The number of carbonyl (C=O) groups excluding carboxylic acids is 1. The molecule has 2 unspecified atom stereocenters. The fourth-order valence-corrected chi connectivity index (χ4v) is 3.62. The first-order valence-corrected chi connectivity index (χ1v) is 10.8. The van der Waals surface area contributed by atoms with Gasteiger partial charge in [0.05, 0.1) is 0 Å². The van der Waals surface area contributed by atoms with Gasteiger partial charge in [-0.05, 0) is 54.8 Å². The number of hydrogen-bond acceptors (Lipinski definition) is 3. The average Bonchev–Trinajstić information content (AvgIpc) is 3.21. The topological polar surface area (TPSA) is 65.5 Å². The van der Waals surface area contributed by atoms with E-state index in [1.54, 1.807) is 18.4 Å². The van der Waals surface area contributed by atoms with Crippen molar-refractivity contribution >= 4 is 47.2 Å². The number of guanidine groups is 1. The van der Waals surface area contributed by atoms with Crippen molar-refractivity contribution in [1.29, 1.82) is 0 Å². The maximum Gasteiger partial charge on any atom is 0.251 e. The molecule has 0 bridgehead atoms. The lowest BCUT2D eigenvalue weighted by molar-refractivity contribution is 0.0939. The van der Waals surface area contributed by atoms with Gasteiger partial charge in [-0.2, -0.15) is 0 Å². The van der Waals surface area contributed by atoms with Crippen LogP contribution < -0.4 is 16.0 Å². The largest absolute Gasteiger partial charge is 0.356 e. The number of halogens is 1. The Morgan fingerprint density at radius 3 is 2.62 bits per heavy atom. The lowest BCUT2D eigenvalue weighted by atomic mass is 10.1. The van der Waals surface area contributed by atoms with Crippen LogP contribution >= 0.6 is 35.3 Å².